The van der Waals surface area contributed by atoms with Gasteiger partial charge in [0.1, 0.15) is 0 Å². The summed E-state index contributed by atoms with van der Waals surface area (Å²) in [6.07, 6.45) is 0. The first kappa shape index (κ1) is 11.6. The molecule has 0 atom stereocenters. The molecule has 18 heavy (non-hydrogen) atoms. The maximum Gasteiger partial charge on any atom is 0.279 e. The highest BCUT2D eigenvalue weighted by Gasteiger charge is 2.23. The number of nitro benzene ring substituents is 2. The molecule has 0 spiro atoms. The molecule has 2 aromatic carbocycles. The van der Waals surface area contributed by atoms with Crippen LogP contribution in [0.2, 0.25) is 0 Å². The van der Waals surface area contributed by atoms with Crippen LogP contribution in [0.25, 0.3) is 10.8 Å². The predicted molar refractivity (Wildman–Crippen MR) is 66.1 cm³/mol. The van der Waals surface area contributed by atoms with Gasteiger partial charge in [0.15, 0.2) is 0 Å². The number of anilines is 2. The number of rotatable bonds is 2. The molecule has 8 nitrogen and oxygen atoms in total. The Kier molecular flexibility index (Phi) is 2.47. The second kappa shape index (κ2) is 3.84. The smallest absolute Gasteiger partial charge is 0.279 e. The van der Waals surface area contributed by atoms with Crippen molar-refractivity contribution in [2.45, 2.75) is 0 Å². The van der Waals surface area contributed by atoms with E-state index in [0.29, 0.717) is 0 Å². The van der Waals surface area contributed by atoms with E-state index in [4.69, 9.17) is 11.5 Å². The minimum absolute atomic E-state index is 0.00537. The molecule has 4 N–H and O–H groups in total. The van der Waals surface area contributed by atoms with Gasteiger partial charge in [0, 0.05) is 23.5 Å². The molecule has 2 rings (SSSR count). The lowest BCUT2D eigenvalue weighted by molar-refractivity contribution is -0.384. The molecule has 0 fully saturated rings. The van der Waals surface area contributed by atoms with Crippen LogP contribution in [-0.2, 0) is 0 Å². The Morgan fingerprint density at radius 3 is 1.39 bits per heavy atom. The van der Waals surface area contributed by atoms with Crippen LogP contribution in [-0.4, -0.2) is 9.85 Å². The summed E-state index contributed by atoms with van der Waals surface area (Å²) in [6.45, 7) is 0. The quantitative estimate of drug-likeness (QED) is 0.472. The number of benzene rings is 2. The summed E-state index contributed by atoms with van der Waals surface area (Å²) in [4.78, 5) is 20.5. The number of fused-ring (bicyclic) bond motifs is 1. The minimum atomic E-state index is -0.651. The molecule has 0 radical (unpaired) electrons. The lowest BCUT2D eigenvalue weighted by Gasteiger charge is -2.06. The summed E-state index contributed by atoms with van der Waals surface area (Å²) >= 11 is 0. The fourth-order valence-electron chi connectivity index (χ4n) is 1.82. The van der Waals surface area contributed by atoms with E-state index in [-0.39, 0.29) is 33.5 Å². The van der Waals surface area contributed by atoms with Gasteiger partial charge in [-0.1, -0.05) is 0 Å². The van der Waals surface area contributed by atoms with E-state index in [9.17, 15) is 20.2 Å². The van der Waals surface area contributed by atoms with Gasteiger partial charge in [-0.3, -0.25) is 20.2 Å². The third-order valence-electron chi connectivity index (χ3n) is 2.57. The molecule has 0 aliphatic rings. The van der Waals surface area contributed by atoms with Crippen LogP contribution in [0.1, 0.15) is 0 Å². The topological polar surface area (TPSA) is 138 Å². The Hall–Kier alpha value is -2.90. The summed E-state index contributed by atoms with van der Waals surface area (Å²) in [5.74, 6) is 0. The van der Waals surface area contributed by atoms with Crippen LogP contribution < -0.4 is 11.5 Å². The average molecular weight is 248 g/mol. The van der Waals surface area contributed by atoms with Gasteiger partial charge in [-0.05, 0) is 12.1 Å². The summed E-state index contributed by atoms with van der Waals surface area (Å²) < 4.78 is 0. The van der Waals surface area contributed by atoms with Crippen molar-refractivity contribution < 1.29 is 9.85 Å². The standard InChI is InChI=1S/C10H8N4O4/c11-5-1-3-7(13(15)16)10-6(12)2-4-8(9(5)10)14(17)18/h1-4H,11-12H2. The van der Waals surface area contributed by atoms with Crippen LogP contribution in [0.15, 0.2) is 24.3 Å². The van der Waals surface area contributed by atoms with Gasteiger partial charge in [-0.25, -0.2) is 0 Å². The van der Waals surface area contributed by atoms with E-state index >= 15 is 0 Å². The zero-order valence-electron chi connectivity index (χ0n) is 8.99. The van der Waals surface area contributed by atoms with E-state index in [1.165, 1.54) is 24.3 Å². The maximum atomic E-state index is 10.9. The normalized spacial score (nSPS) is 10.4. The van der Waals surface area contributed by atoms with Gasteiger partial charge in [0.05, 0.1) is 20.6 Å². The molecule has 0 heterocycles. The highest BCUT2D eigenvalue weighted by molar-refractivity contribution is 6.10. The lowest BCUT2D eigenvalue weighted by Crippen LogP contribution is -2.00. The van der Waals surface area contributed by atoms with E-state index in [1.54, 1.807) is 0 Å². The van der Waals surface area contributed by atoms with Gasteiger partial charge in [0.2, 0.25) is 0 Å². The second-order valence-corrected chi connectivity index (χ2v) is 3.61. The summed E-state index contributed by atoms with van der Waals surface area (Å²) in [5.41, 5.74) is 10.8. The van der Waals surface area contributed by atoms with E-state index in [0.717, 1.165) is 0 Å². The average Bonchev–Trinajstić information content (AvgIpc) is 2.29. The van der Waals surface area contributed by atoms with Gasteiger partial charge in [-0.15, -0.1) is 0 Å². The fraction of sp³-hybridized carbons (Fsp3) is 0. The van der Waals surface area contributed by atoms with Crippen LogP contribution in [0.5, 0.6) is 0 Å². The van der Waals surface area contributed by atoms with Crippen LogP contribution in [0.3, 0.4) is 0 Å². The van der Waals surface area contributed by atoms with Gasteiger partial charge in [0.25, 0.3) is 11.4 Å². The minimum Gasteiger partial charge on any atom is -0.398 e. The highest BCUT2D eigenvalue weighted by atomic mass is 16.6. The Morgan fingerprint density at radius 1 is 0.778 bits per heavy atom. The molecule has 92 valence electrons. The molecular formula is C10H8N4O4. The molecule has 0 saturated carbocycles. The molecule has 0 aliphatic heterocycles. The first-order chi connectivity index (χ1) is 8.43. The molecule has 2 aromatic rings. The van der Waals surface area contributed by atoms with Crippen LogP contribution in [0.4, 0.5) is 22.7 Å². The molecule has 0 saturated heterocycles. The molecule has 0 aliphatic carbocycles. The number of hydrogen-bond acceptors (Lipinski definition) is 6. The molecule has 0 amide bonds. The van der Waals surface area contributed by atoms with Crippen molar-refractivity contribution in [1.82, 2.24) is 0 Å². The number of hydrogen-bond donors (Lipinski definition) is 2. The first-order valence-electron chi connectivity index (χ1n) is 4.83. The number of nitrogen functional groups attached to an aromatic ring is 2. The number of nitro groups is 2. The maximum absolute atomic E-state index is 10.9. The molecule has 0 aromatic heterocycles. The third kappa shape index (κ3) is 1.56. The van der Waals surface area contributed by atoms with Crippen molar-refractivity contribution in [3.05, 3.63) is 44.5 Å². The second-order valence-electron chi connectivity index (χ2n) is 3.61. The zero-order valence-corrected chi connectivity index (χ0v) is 8.99. The monoisotopic (exact) mass is 248 g/mol. The Balaban J connectivity index is 3.04. The fourth-order valence-corrected chi connectivity index (χ4v) is 1.82. The van der Waals surface area contributed by atoms with Crippen LogP contribution in [0, 0.1) is 20.2 Å². The Labute approximate surface area is 100 Å². The summed E-state index contributed by atoms with van der Waals surface area (Å²) in [5, 5.41) is 21.8. The molecule has 0 unspecified atom stereocenters. The number of nitrogens with two attached hydrogens (primary N) is 2. The van der Waals surface area contributed by atoms with E-state index in [2.05, 4.69) is 0 Å². The third-order valence-corrected chi connectivity index (χ3v) is 2.57. The zero-order chi connectivity index (χ0) is 13.4. The Morgan fingerprint density at radius 2 is 1.11 bits per heavy atom. The van der Waals surface area contributed by atoms with Gasteiger partial charge >= 0.3 is 0 Å². The van der Waals surface area contributed by atoms with E-state index in [1.807, 2.05) is 0 Å². The molecule has 8 heteroatoms. The number of nitrogens with zero attached hydrogens (tertiary/aromatic N) is 2. The number of non-ortho nitro benzene ring substituents is 2. The van der Waals surface area contributed by atoms with Crippen molar-refractivity contribution in [3.8, 4) is 0 Å². The largest absolute Gasteiger partial charge is 0.398 e. The van der Waals surface area contributed by atoms with Crippen molar-refractivity contribution >= 4 is 33.5 Å². The molecule has 0 bridgehead atoms. The van der Waals surface area contributed by atoms with Gasteiger partial charge in [-0.2, -0.15) is 0 Å². The highest BCUT2D eigenvalue weighted by Crippen LogP contribution is 2.39. The van der Waals surface area contributed by atoms with Crippen molar-refractivity contribution in [2.24, 2.45) is 0 Å². The first-order valence-corrected chi connectivity index (χ1v) is 4.83. The lowest BCUT2D eigenvalue weighted by atomic mass is 10.0. The predicted octanol–water partition coefficient (Wildman–Crippen LogP) is 1.82. The van der Waals surface area contributed by atoms with Crippen molar-refractivity contribution in [2.75, 3.05) is 11.5 Å². The van der Waals surface area contributed by atoms with Crippen LogP contribution >= 0.6 is 0 Å². The molecular weight excluding hydrogens is 240 g/mol. The Bertz CT molecular complexity index is 624. The SMILES string of the molecule is Nc1ccc([N+](=O)[O-])c2c(N)ccc([N+](=O)[O-])c12. The van der Waals surface area contributed by atoms with Crippen molar-refractivity contribution in [1.29, 1.82) is 0 Å². The van der Waals surface area contributed by atoms with E-state index < -0.39 is 9.85 Å². The summed E-state index contributed by atoms with van der Waals surface area (Å²) in [7, 11) is 0. The van der Waals surface area contributed by atoms with Crippen molar-refractivity contribution in [3.63, 3.8) is 0 Å². The summed E-state index contributed by atoms with van der Waals surface area (Å²) in [6, 6.07) is 4.87. The van der Waals surface area contributed by atoms with Gasteiger partial charge < -0.3 is 11.5 Å².